The van der Waals surface area contributed by atoms with Gasteiger partial charge in [-0.1, -0.05) is 6.07 Å². The number of nitrogens with one attached hydrogen (secondary N) is 1. The number of hydrogen-bond acceptors (Lipinski definition) is 2. The van der Waals surface area contributed by atoms with Crippen LogP contribution in [0.3, 0.4) is 0 Å². The lowest BCUT2D eigenvalue weighted by Gasteiger charge is -2.16. The van der Waals surface area contributed by atoms with Crippen molar-refractivity contribution in [3.8, 4) is 0 Å². The Bertz CT molecular complexity index is 370. The quantitative estimate of drug-likeness (QED) is 0.827. The minimum absolute atomic E-state index is 0.0770. The first kappa shape index (κ1) is 11.5. The van der Waals surface area contributed by atoms with Crippen molar-refractivity contribution < 1.29 is 13.9 Å². The maximum absolute atomic E-state index is 12.9. The van der Waals surface area contributed by atoms with Crippen LogP contribution in [0.4, 0.5) is 8.78 Å². The van der Waals surface area contributed by atoms with Gasteiger partial charge in [0.25, 0.3) is 0 Å². The van der Waals surface area contributed by atoms with Crippen molar-refractivity contribution >= 4 is 0 Å². The molecule has 0 spiro atoms. The summed E-state index contributed by atoms with van der Waals surface area (Å²) in [6.07, 6.45) is 2.45. The fraction of sp³-hybridized carbons (Fsp3) is 0.500. The zero-order valence-electron chi connectivity index (χ0n) is 8.92. The topological polar surface area (TPSA) is 32.3 Å². The maximum Gasteiger partial charge on any atom is 0.159 e. The van der Waals surface area contributed by atoms with Crippen molar-refractivity contribution in [2.45, 2.75) is 38.0 Å². The summed E-state index contributed by atoms with van der Waals surface area (Å²) in [6, 6.07) is 3.93. The monoisotopic (exact) mass is 227 g/mol. The normalized spacial score (nSPS) is 24.9. The maximum atomic E-state index is 12.9. The van der Waals surface area contributed by atoms with Gasteiger partial charge in [-0.05, 0) is 37.0 Å². The molecule has 2 unspecified atom stereocenters. The van der Waals surface area contributed by atoms with Crippen LogP contribution in [0, 0.1) is 11.6 Å². The van der Waals surface area contributed by atoms with E-state index in [9.17, 15) is 13.9 Å². The van der Waals surface area contributed by atoms with Gasteiger partial charge in [-0.2, -0.15) is 0 Å². The minimum atomic E-state index is -0.829. The summed E-state index contributed by atoms with van der Waals surface area (Å²) in [7, 11) is 0. The average Bonchev–Trinajstić information content (AvgIpc) is 2.66. The minimum Gasteiger partial charge on any atom is -0.392 e. The zero-order chi connectivity index (χ0) is 11.5. The molecule has 1 aromatic rings. The Morgan fingerprint density at radius 1 is 1.25 bits per heavy atom. The van der Waals surface area contributed by atoms with E-state index >= 15 is 0 Å². The number of benzene rings is 1. The summed E-state index contributed by atoms with van der Waals surface area (Å²) in [4.78, 5) is 0. The van der Waals surface area contributed by atoms with Crippen LogP contribution in [-0.2, 0) is 6.54 Å². The number of hydrogen-bond donors (Lipinski definition) is 2. The SMILES string of the molecule is OC1CCCC1NCc1ccc(F)c(F)c1. The van der Waals surface area contributed by atoms with Gasteiger partial charge in [-0.25, -0.2) is 8.78 Å². The fourth-order valence-electron chi connectivity index (χ4n) is 2.08. The average molecular weight is 227 g/mol. The number of aliphatic hydroxyl groups excluding tert-OH is 1. The lowest BCUT2D eigenvalue weighted by atomic mass is 10.1. The molecular formula is C12H15F2NO. The predicted octanol–water partition coefficient (Wildman–Crippen LogP) is 1.97. The van der Waals surface area contributed by atoms with Crippen molar-refractivity contribution in [3.05, 3.63) is 35.4 Å². The molecule has 16 heavy (non-hydrogen) atoms. The van der Waals surface area contributed by atoms with E-state index in [0.717, 1.165) is 25.3 Å². The van der Waals surface area contributed by atoms with Gasteiger partial charge in [0.2, 0.25) is 0 Å². The third-order valence-corrected chi connectivity index (χ3v) is 3.03. The molecule has 1 aromatic carbocycles. The van der Waals surface area contributed by atoms with E-state index in [-0.39, 0.29) is 12.1 Å². The van der Waals surface area contributed by atoms with Gasteiger partial charge in [0.15, 0.2) is 11.6 Å². The van der Waals surface area contributed by atoms with E-state index in [1.807, 2.05) is 0 Å². The molecule has 0 radical (unpaired) electrons. The van der Waals surface area contributed by atoms with Gasteiger partial charge >= 0.3 is 0 Å². The molecule has 0 bridgehead atoms. The highest BCUT2D eigenvalue weighted by Crippen LogP contribution is 2.19. The van der Waals surface area contributed by atoms with Crippen molar-refractivity contribution in [2.75, 3.05) is 0 Å². The lowest BCUT2D eigenvalue weighted by Crippen LogP contribution is -2.35. The van der Waals surface area contributed by atoms with Gasteiger partial charge in [-0.3, -0.25) is 0 Å². The Balaban J connectivity index is 1.91. The molecule has 2 N–H and O–H groups in total. The molecule has 0 aliphatic heterocycles. The molecule has 1 aliphatic carbocycles. The largest absolute Gasteiger partial charge is 0.392 e. The van der Waals surface area contributed by atoms with E-state index < -0.39 is 11.6 Å². The standard InChI is InChI=1S/C12H15F2NO/c13-9-5-4-8(6-10(9)14)7-15-11-2-1-3-12(11)16/h4-6,11-12,15-16H,1-3,7H2. The van der Waals surface area contributed by atoms with Gasteiger partial charge in [0.1, 0.15) is 0 Å². The van der Waals surface area contributed by atoms with Crippen LogP contribution in [0.2, 0.25) is 0 Å². The van der Waals surface area contributed by atoms with Crippen LogP contribution >= 0.6 is 0 Å². The molecule has 1 saturated carbocycles. The summed E-state index contributed by atoms with van der Waals surface area (Å²) >= 11 is 0. The van der Waals surface area contributed by atoms with E-state index in [0.29, 0.717) is 12.1 Å². The number of halogens is 2. The predicted molar refractivity (Wildman–Crippen MR) is 56.8 cm³/mol. The molecule has 0 heterocycles. The van der Waals surface area contributed by atoms with Crippen LogP contribution in [0.5, 0.6) is 0 Å². The second kappa shape index (κ2) is 4.89. The molecule has 0 aromatic heterocycles. The molecule has 4 heteroatoms. The van der Waals surface area contributed by atoms with Gasteiger partial charge in [0, 0.05) is 12.6 Å². The Labute approximate surface area is 93.3 Å². The van der Waals surface area contributed by atoms with Crippen molar-refractivity contribution in [2.24, 2.45) is 0 Å². The molecule has 1 fully saturated rings. The number of aliphatic hydroxyl groups is 1. The second-order valence-electron chi connectivity index (χ2n) is 4.23. The van der Waals surface area contributed by atoms with Gasteiger partial charge in [0.05, 0.1) is 6.10 Å². The molecule has 88 valence electrons. The molecule has 1 aliphatic rings. The van der Waals surface area contributed by atoms with Crippen LogP contribution in [0.1, 0.15) is 24.8 Å². The summed E-state index contributed by atoms with van der Waals surface area (Å²) in [6.45, 7) is 0.457. The summed E-state index contributed by atoms with van der Waals surface area (Å²) in [5.74, 6) is -1.66. The Kier molecular flexibility index (Phi) is 3.51. The zero-order valence-corrected chi connectivity index (χ0v) is 8.92. The van der Waals surface area contributed by atoms with Crippen molar-refractivity contribution in [3.63, 3.8) is 0 Å². The summed E-state index contributed by atoms with van der Waals surface area (Å²) in [5.41, 5.74) is 0.693. The highest BCUT2D eigenvalue weighted by Gasteiger charge is 2.24. The third-order valence-electron chi connectivity index (χ3n) is 3.03. The Morgan fingerprint density at radius 2 is 2.06 bits per heavy atom. The van der Waals surface area contributed by atoms with E-state index in [4.69, 9.17) is 0 Å². The Morgan fingerprint density at radius 3 is 2.69 bits per heavy atom. The van der Waals surface area contributed by atoms with E-state index in [1.54, 1.807) is 6.07 Å². The molecule has 2 nitrogen and oxygen atoms in total. The van der Waals surface area contributed by atoms with Crippen molar-refractivity contribution in [1.82, 2.24) is 5.32 Å². The molecule has 0 saturated heterocycles. The third kappa shape index (κ3) is 2.57. The van der Waals surface area contributed by atoms with Crippen LogP contribution in [0.15, 0.2) is 18.2 Å². The highest BCUT2D eigenvalue weighted by atomic mass is 19.2. The molecular weight excluding hydrogens is 212 g/mol. The first-order chi connectivity index (χ1) is 7.66. The second-order valence-corrected chi connectivity index (χ2v) is 4.23. The van der Waals surface area contributed by atoms with E-state index in [2.05, 4.69) is 5.32 Å². The van der Waals surface area contributed by atoms with Crippen LogP contribution in [0.25, 0.3) is 0 Å². The van der Waals surface area contributed by atoms with Gasteiger partial charge < -0.3 is 10.4 Å². The first-order valence-electron chi connectivity index (χ1n) is 5.52. The summed E-state index contributed by atoms with van der Waals surface area (Å²) in [5, 5.41) is 12.7. The molecule has 0 amide bonds. The fourth-order valence-corrected chi connectivity index (χ4v) is 2.08. The summed E-state index contributed by atoms with van der Waals surface area (Å²) < 4.78 is 25.6. The number of rotatable bonds is 3. The first-order valence-corrected chi connectivity index (χ1v) is 5.52. The van der Waals surface area contributed by atoms with Crippen molar-refractivity contribution in [1.29, 1.82) is 0 Å². The van der Waals surface area contributed by atoms with Crippen LogP contribution in [-0.4, -0.2) is 17.3 Å². The highest BCUT2D eigenvalue weighted by molar-refractivity contribution is 5.17. The smallest absolute Gasteiger partial charge is 0.159 e. The lowest BCUT2D eigenvalue weighted by molar-refractivity contribution is 0.148. The van der Waals surface area contributed by atoms with Crippen LogP contribution < -0.4 is 5.32 Å². The van der Waals surface area contributed by atoms with E-state index in [1.165, 1.54) is 6.07 Å². The Hall–Kier alpha value is -1.00. The molecule has 2 rings (SSSR count). The van der Waals surface area contributed by atoms with Gasteiger partial charge in [-0.15, -0.1) is 0 Å². The molecule has 2 atom stereocenters.